The number of nitrogens with two attached hydrogens (primary N) is 1. The molecule has 0 rings (SSSR count). The second-order valence-electron chi connectivity index (χ2n) is 4.60. The fourth-order valence-corrected chi connectivity index (χ4v) is 1.85. The van der Waals surface area contributed by atoms with Crippen LogP contribution in [0.4, 0.5) is 0 Å². The minimum atomic E-state index is -0.642. The molecule has 2 unspecified atom stereocenters. The number of hydrogen-bond acceptors (Lipinski definition) is 4. The molecule has 0 radical (unpaired) electrons. The van der Waals surface area contributed by atoms with Gasteiger partial charge in [-0.3, -0.25) is 9.59 Å². The molecular formula is C12H24N4O3. The largest absolute Gasteiger partial charge is 0.409 e. The van der Waals surface area contributed by atoms with Gasteiger partial charge in [0.1, 0.15) is 0 Å². The summed E-state index contributed by atoms with van der Waals surface area (Å²) in [5, 5.41) is 14.1. The van der Waals surface area contributed by atoms with Crippen molar-refractivity contribution in [2.75, 3.05) is 20.6 Å². The number of nitrogens with one attached hydrogen (secondary N) is 1. The van der Waals surface area contributed by atoms with Crippen molar-refractivity contribution in [1.82, 2.24) is 10.2 Å². The van der Waals surface area contributed by atoms with Crippen LogP contribution >= 0.6 is 0 Å². The van der Waals surface area contributed by atoms with Crippen LogP contribution in [-0.4, -0.2) is 48.4 Å². The number of carbonyl (C=O) groups excluding carboxylic acids is 2. The van der Waals surface area contributed by atoms with Crippen molar-refractivity contribution in [2.45, 2.75) is 26.7 Å². The first-order chi connectivity index (χ1) is 8.88. The summed E-state index contributed by atoms with van der Waals surface area (Å²) >= 11 is 0. The zero-order valence-electron chi connectivity index (χ0n) is 12.0. The van der Waals surface area contributed by atoms with E-state index >= 15 is 0 Å². The van der Waals surface area contributed by atoms with E-state index in [-0.39, 0.29) is 30.1 Å². The Bertz CT molecular complexity index is 344. The Balaban J connectivity index is 4.72. The predicted octanol–water partition coefficient (Wildman–Crippen LogP) is -0.0104. The fraction of sp³-hybridized carbons (Fsp3) is 0.750. The average Bonchev–Trinajstić information content (AvgIpc) is 2.41. The molecule has 0 aromatic heterocycles. The summed E-state index contributed by atoms with van der Waals surface area (Å²) in [6, 6.07) is 0. The first-order valence-electron chi connectivity index (χ1n) is 6.32. The first kappa shape index (κ1) is 17.2. The van der Waals surface area contributed by atoms with E-state index in [0.717, 1.165) is 6.42 Å². The monoisotopic (exact) mass is 272 g/mol. The summed E-state index contributed by atoms with van der Waals surface area (Å²) in [5.74, 6) is -1.42. The van der Waals surface area contributed by atoms with Crippen LogP contribution in [0, 0.1) is 11.8 Å². The van der Waals surface area contributed by atoms with Gasteiger partial charge in [0.05, 0.1) is 11.8 Å². The minimum absolute atomic E-state index is 0.0914. The molecule has 19 heavy (non-hydrogen) atoms. The molecule has 2 atom stereocenters. The number of carbonyl (C=O) groups is 2. The van der Waals surface area contributed by atoms with E-state index in [2.05, 4.69) is 10.5 Å². The Morgan fingerprint density at radius 3 is 2.47 bits per heavy atom. The van der Waals surface area contributed by atoms with E-state index in [0.29, 0.717) is 6.42 Å². The van der Waals surface area contributed by atoms with Gasteiger partial charge in [-0.05, 0) is 6.42 Å². The molecule has 0 spiro atoms. The highest BCUT2D eigenvalue weighted by Crippen LogP contribution is 2.11. The molecule has 0 saturated heterocycles. The van der Waals surface area contributed by atoms with E-state index in [1.54, 1.807) is 21.0 Å². The molecular weight excluding hydrogens is 248 g/mol. The molecule has 110 valence electrons. The van der Waals surface area contributed by atoms with Gasteiger partial charge in [0, 0.05) is 20.6 Å². The molecule has 7 heteroatoms. The van der Waals surface area contributed by atoms with Gasteiger partial charge in [0.25, 0.3) is 0 Å². The molecule has 0 bridgehead atoms. The van der Waals surface area contributed by atoms with E-state index < -0.39 is 5.92 Å². The molecule has 0 aliphatic heterocycles. The van der Waals surface area contributed by atoms with Crippen LogP contribution < -0.4 is 11.1 Å². The van der Waals surface area contributed by atoms with Crippen molar-refractivity contribution in [3.63, 3.8) is 0 Å². The summed E-state index contributed by atoms with van der Waals surface area (Å²) in [4.78, 5) is 25.1. The van der Waals surface area contributed by atoms with Gasteiger partial charge in [-0.15, -0.1) is 0 Å². The van der Waals surface area contributed by atoms with Gasteiger partial charge in [-0.2, -0.15) is 0 Å². The maximum absolute atomic E-state index is 12.2. The summed E-state index contributed by atoms with van der Waals surface area (Å²) in [6.07, 6.45) is 1.25. The fourth-order valence-electron chi connectivity index (χ4n) is 1.85. The molecule has 0 aliphatic rings. The Kier molecular flexibility index (Phi) is 7.55. The molecule has 0 aliphatic carbocycles. The van der Waals surface area contributed by atoms with E-state index in [9.17, 15) is 9.59 Å². The van der Waals surface area contributed by atoms with Gasteiger partial charge in [0.15, 0.2) is 5.84 Å². The molecule has 0 saturated carbocycles. The van der Waals surface area contributed by atoms with Crippen LogP contribution in [0.1, 0.15) is 26.7 Å². The summed E-state index contributed by atoms with van der Waals surface area (Å²) in [6.45, 7) is 3.94. The van der Waals surface area contributed by atoms with Gasteiger partial charge >= 0.3 is 0 Å². The lowest BCUT2D eigenvalue weighted by atomic mass is 10.00. The molecule has 0 aromatic rings. The first-order valence-corrected chi connectivity index (χ1v) is 6.32. The molecule has 7 nitrogen and oxygen atoms in total. The number of hydrogen-bond donors (Lipinski definition) is 3. The zero-order valence-corrected chi connectivity index (χ0v) is 12.0. The number of amidine groups is 1. The third-order valence-corrected chi connectivity index (χ3v) is 2.97. The number of amides is 2. The third kappa shape index (κ3) is 5.15. The highest BCUT2D eigenvalue weighted by atomic mass is 16.4. The van der Waals surface area contributed by atoms with Gasteiger partial charge in [-0.25, -0.2) is 0 Å². The van der Waals surface area contributed by atoms with Crippen molar-refractivity contribution in [3.05, 3.63) is 0 Å². The number of oxime groups is 1. The van der Waals surface area contributed by atoms with Crippen molar-refractivity contribution in [1.29, 1.82) is 0 Å². The third-order valence-electron chi connectivity index (χ3n) is 2.97. The molecule has 0 aromatic carbocycles. The lowest BCUT2D eigenvalue weighted by Crippen LogP contribution is -2.43. The minimum Gasteiger partial charge on any atom is -0.409 e. The summed E-state index contributed by atoms with van der Waals surface area (Å²) in [5.41, 5.74) is 5.53. The number of rotatable bonds is 7. The second kappa shape index (κ2) is 8.34. The predicted molar refractivity (Wildman–Crippen MR) is 72.7 cm³/mol. The lowest BCUT2D eigenvalue weighted by Gasteiger charge is -2.25. The Labute approximate surface area is 113 Å². The molecule has 0 heterocycles. The standard InChI is InChI=1S/C12H24N4O3/c1-5-6-9(10(13)15-19)12(18)16(4)7-8(2)11(17)14-3/h8-9,19H,5-7H2,1-4H3,(H2,13,15)(H,14,17). The summed E-state index contributed by atoms with van der Waals surface area (Å²) in [7, 11) is 3.16. The van der Waals surface area contributed by atoms with E-state index in [1.807, 2.05) is 6.92 Å². The molecule has 4 N–H and O–H groups in total. The lowest BCUT2D eigenvalue weighted by molar-refractivity contribution is -0.134. The van der Waals surface area contributed by atoms with Crippen molar-refractivity contribution >= 4 is 17.6 Å². The summed E-state index contributed by atoms with van der Waals surface area (Å²) < 4.78 is 0. The van der Waals surface area contributed by atoms with Crippen molar-refractivity contribution in [3.8, 4) is 0 Å². The van der Waals surface area contributed by atoms with Crippen molar-refractivity contribution < 1.29 is 14.8 Å². The number of nitrogens with zero attached hydrogens (tertiary/aromatic N) is 2. The van der Waals surface area contributed by atoms with E-state index in [4.69, 9.17) is 10.9 Å². The molecule has 2 amide bonds. The highest BCUT2D eigenvalue weighted by molar-refractivity contribution is 6.02. The zero-order chi connectivity index (χ0) is 15.0. The van der Waals surface area contributed by atoms with Gasteiger partial charge in [-0.1, -0.05) is 25.4 Å². The van der Waals surface area contributed by atoms with Gasteiger partial charge in [0.2, 0.25) is 11.8 Å². The van der Waals surface area contributed by atoms with Crippen LogP contribution in [0.15, 0.2) is 5.16 Å². The van der Waals surface area contributed by atoms with Gasteiger partial charge < -0.3 is 21.2 Å². The Morgan fingerprint density at radius 2 is 2.05 bits per heavy atom. The quantitative estimate of drug-likeness (QED) is 0.262. The molecule has 0 fully saturated rings. The Morgan fingerprint density at radius 1 is 1.47 bits per heavy atom. The van der Waals surface area contributed by atoms with Crippen LogP contribution in [-0.2, 0) is 9.59 Å². The van der Waals surface area contributed by atoms with Crippen LogP contribution in [0.25, 0.3) is 0 Å². The maximum atomic E-state index is 12.2. The second-order valence-corrected chi connectivity index (χ2v) is 4.60. The topological polar surface area (TPSA) is 108 Å². The maximum Gasteiger partial charge on any atom is 0.233 e. The van der Waals surface area contributed by atoms with Crippen LogP contribution in [0.5, 0.6) is 0 Å². The van der Waals surface area contributed by atoms with Crippen molar-refractivity contribution in [2.24, 2.45) is 22.7 Å². The Hall–Kier alpha value is -1.79. The normalized spacial score (nSPS) is 14.6. The van der Waals surface area contributed by atoms with Crippen LogP contribution in [0.2, 0.25) is 0 Å². The van der Waals surface area contributed by atoms with E-state index in [1.165, 1.54) is 4.90 Å². The smallest absolute Gasteiger partial charge is 0.233 e. The highest BCUT2D eigenvalue weighted by Gasteiger charge is 2.27. The van der Waals surface area contributed by atoms with Crippen LogP contribution in [0.3, 0.4) is 0 Å². The average molecular weight is 272 g/mol. The SMILES string of the molecule is CCCC(C(=O)N(C)CC(C)C(=O)NC)C(N)=NO.